The summed E-state index contributed by atoms with van der Waals surface area (Å²) in [6.45, 7) is 2.72. The Bertz CT molecular complexity index is 1240. The number of amides is 1. The van der Waals surface area contributed by atoms with Crippen LogP contribution in [0.25, 0.3) is 10.1 Å². The zero-order valence-electron chi connectivity index (χ0n) is 17.6. The van der Waals surface area contributed by atoms with Crippen LogP contribution in [-0.4, -0.2) is 35.4 Å². The lowest BCUT2D eigenvalue weighted by Crippen LogP contribution is -2.39. The second-order valence-electron chi connectivity index (χ2n) is 6.85. The van der Waals surface area contributed by atoms with Gasteiger partial charge in [-0.05, 0) is 32.0 Å². The van der Waals surface area contributed by atoms with Gasteiger partial charge in [-0.25, -0.2) is 14.0 Å². The van der Waals surface area contributed by atoms with Gasteiger partial charge >= 0.3 is 11.9 Å². The van der Waals surface area contributed by atoms with Crippen LogP contribution in [0, 0.1) is 15.9 Å². The monoisotopic (exact) mass is 474 g/mol. The number of nitro benzene ring substituents is 1. The molecule has 9 nitrogen and oxygen atoms in total. The highest BCUT2D eigenvalue weighted by molar-refractivity contribution is 7.21. The molecule has 1 N–H and O–H groups in total. The van der Waals surface area contributed by atoms with Crippen molar-refractivity contribution in [3.05, 3.63) is 74.4 Å². The van der Waals surface area contributed by atoms with Crippen LogP contribution >= 0.6 is 11.3 Å². The minimum absolute atomic E-state index is 0.000605. The third-order valence-electron chi connectivity index (χ3n) is 4.60. The van der Waals surface area contributed by atoms with E-state index in [2.05, 4.69) is 5.32 Å². The Morgan fingerprint density at radius 1 is 1.18 bits per heavy atom. The number of thiophene rings is 1. The number of rotatable bonds is 8. The fraction of sp³-hybridized carbons (Fsp3) is 0.227. The van der Waals surface area contributed by atoms with Crippen LogP contribution in [0.15, 0.2) is 42.5 Å². The smallest absolute Gasteiger partial charge is 0.348 e. The molecule has 0 aliphatic rings. The third kappa shape index (κ3) is 5.32. The molecule has 3 aromatic rings. The molecule has 1 heterocycles. The van der Waals surface area contributed by atoms with E-state index in [0.29, 0.717) is 4.70 Å². The van der Waals surface area contributed by atoms with E-state index in [1.165, 1.54) is 37.3 Å². The van der Waals surface area contributed by atoms with Crippen molar-refractivity contribution in [3.8, 4) is 0 Å². The van der Waals surface area contributed by atoms with Gasteiger partial charge in [0.25, 0.3) is 11.6 Å². The van der Waals surface area contributed by atoms with E-state index in [0.717, 1.165) is 17.4 Å². The van der Waals surface area contributed by atoms with Crippen molar-refractivity contribution in [2.75, 3.05) is 6.61 Å². The molecule has 0 saturated carbocycles. The Hall–Kier alpha value is -3.86. The van der Waals surface area contributed by atoms with Gasteiger partial charge in [0.1, 0.15) is 23.3 Å². The first-order valence-electron chi connectivity index (χ1n) is 9.81. The van der Waals surface area contributed by atoms with E-state index >= 15 is 0 Å². The molecule has 172 valence electrons. The summed E-state index contributed by atoms with van der Waals surface area (Å²) in [6.07, 6.45) is 0. The lowest BCUT2D eigenvalue weighted by atomic mass is 10.1. The van der Waals surface area contributed by atoms with Crippen molar-refractivity contribution >= 4 is 45.0 Å². The number of fused-ring (bicyclic) bond motifs is 1. The summed E-state index contributed by atoms with van der Waals surface area (Å²) < 4.78 is 25.2. The largest absolute Gasteiger partial charge is 0.462 e. The number of non-ortho nitro benzene ring substituents is 1. The molecular weight excluding hydrogens is 455 g/mol. The zero-order valence-corrected chi connectivity index (χ0v) is 18.4. The van der Waals surface area contributed by atoms with Gasteiger partial charge in [0.2, 0.25) is 0 Å². The maximum Gasteiger partial charge on any atom is 0.348 e. The molecule has 1 aromatic heterocycles. The Morgan fingerprint density at radius 2 is 1.91 bits per heavy atom. The first-order valence-corrected chi connectivity index (χ1v) is 10.6. The molecule has 0 aliphatic carbocycles. The van der Waals surface area contributed by atoms with Crippen molar-refractivity contribution in [2.45, 2.75) is 26.5 Å². The van der Waals surface area contributed by atoms with Gasteiger partial charge in [-0.2, -0.15) is 0 Å². The minimum Gasteiger partial charge on any atom is -0.462 e. The fourth-order valence-corrected chi connectivity index (χ4v) is 4.15. The van der Waals surface area contributed by atoms with Gasteiger partial charge < -0.3 is 14.8 Å². The number of esters is 2. The van der Waals surface area contributed by atoms with Crippen molar-refractivity contribution in [1.29, 1.82) is 0 Å². The number of nitrogens with one attached hydrogen (secondary N) is 1. The predicted octanol–water partition coefficient (Wildman–Crippen LogP) is 3.99. The minimum atomic E-state index is -1.11. The molecular formula is C22H19FN2O7S. The number of nitrogens with zero attached hydrogens (tertiary/aromatic N) is 1. The van der Waals surface area contributed by atoms with Crippen molar-refractivity contribution in [2.24, 2.45) is 0 Å². The molecule has 0 spiro atoms. The summed E-state index contributed by atoms with van der Waals surface area (Å²) in [6, 6.07) is 8.30. The second-order valence-corrected chi connectivity index (χ2v) is 7.91. The number of carbonyl (C=O) groups excluding carboxylic acids is 3. The summed E-state index contributed by atoms with van der Waals surface area (Å²) in [5.41, 5.74) is -0.0906. The van der Waals surface area contributed by atoms with E-state index in [4.69, 9.17) is 9.47 Å². The van der Waals surface area contributed by atoms with Crippen LogP contribution < -0.4 is 5.32 Å². The Labute approximate surface area is 191 Å². The van der Waals surface area contributed by atoms with Crippen LogP contribution in [0.3, 0.4) is 0 Å². The van der Waals surface area contributed by atoms with Gasteiger partial charge in [0.05, 0.1) is 11.5 Å². The fourth-order valence-electron chi connectivity index (χ4n) is 3.03. The normalized spacial score (nSPS) is 11.6. The van der Waals surface area contributed by atoms with Crippen molar-refractivity contribution in [1.82, 2.24) is 5.32 Å². The Balaban J connectivity index is 1.74. The molecule has 0 fully saturated rings. The molecule has 1 amide bonds. The summed E-state index contributed by atoms with van der Waals surface area (Å²) in [4.78, 5) is 47.5. The summed E-state index contributed by atoms with van der Waals surface area (Å²) in [5.74, 6) is -2.77. The molecule has 0 saturated heterocycles. The van der Waals surface area contributed by atoms with Crippen LogP contribution in [-0.2, 0) is 20.9 Å². The van der Waals surface area contributed by atoms with Crippen LogP contribution in [0.5, 0.6) is 0 Å². The average molecular weight is 474 g/mol. The lowest BCUT2D eigenvalue weighted by Gasteiger charge is -2.14. The third-order valence-corrected chi connectivity index (χ3v) is 5.78. The maximum atomic E-state index is 14.5. The molecule has 0 radical (unpaired) electrons. The van der Waals surface area contributed by atoms with E-state index in [1.807, 2.05) is 0 Å². The number of carbonyl (C=O) groups is 3. The first kappa shape index (κ1) is 23.8. The average Bonchev–Trinajstić information content (AvgIpc) is 3.17. The molecule has 0 aliphatic heterocycles. The summed E-state index contributed by atoms with van der Waals surface area (Å²) in [7, 11) is 0. The SMILES string of the molecule is CCOC(=O)c1sc2cccc(F)c2c1COC(=O)C(C)NC(=O)c1cccc([N+](=O)[O-])c1. The number of hydrogen-bond acceptors (Lipinski definition) is 8. The zero-order chi connectivity index (χ0) is 24.1. The van der Waals surface area contributed by atoms with Gasteiger partial charge in [-0.3, -0.25) is 14.9 Å². The highest BCUT2D eigenvalue weighted by atomic mass is 32.1. The highest BCUT2D eigenvalue weighted by Gasteiger charge is 2.25. The van der Waals surface area contributed by atoms with Gasteiger partial charge in [-0.15, -0.1) is 11.3 Å². The van der Waals surface area contributed by atoms with Gasteiger partial charge in [-0.1, -0.05) is 12.1 Å². The summed E-state index contributed by atoms with van der Waals surface area (Å²) in [5, 5.41) is 13.4. The van der Waals surface area contributed by atoms with E-state index in [1.54, 1.807) is 13.0 Å². The number of halogens is 1. The van der Waals surface area contributed by atoms with Gasteiger partial charge in [0, 0.05) is 33.3 Å². The molecule has 0 bridgehead atoms. The summed E-state index contributed by atoms with van der Waals surface area (Å²) >= 11 is 1.03. The second kappa shape index (κ2) is 10.2. The van der Waals surface area contributed by atoms with Crippen molar-refractivity contribution < 1.29 is 33.2 Å². The van der Waals surface area contributed by atoms with Crippen LogP contribution in [0.4, 0.5) is 10.1 Å². The maximum absolute atomic E-state index is 14.5. The molecule has 11 heteroatoms. The van der Waals surface area contributed by atoms with Crippen LogP contribution in [0.2, 0.25) is 0 Å². The van der Waals surface area contributed by atoms with Gasteiger partial charge in [0.15, 0.2) is 0 Å². The van der Waals surface area contributed by atoms with Crippen molar-refractivity contribution in [3.63, 3.8) is 0 Å². The molecule has 2 aromatic carbocycles. The first-order chi connectivity index (χ1) is 15.7. The lowest BCUT2D eigenvalue weighted by molar-refractivity contribution is -0.384. The number of benzene rings is 2. The topological polar surface area (TPSA) is 125 Å². The molecule has 1 atom stereocenters. The Morgan fingerprint density at radius 3 is 2.61 bits per heavy atom. The number of ether oxygens (including phenoxy) is 2. The Kier molecular flexibility index (Phi) is 7.34. The molecule has 33 heavy (non-hydrogen) atoms. The highest BCUT2D eigenvalue weighted by Crippen LogP contribution is 2.34. The quantitative estimate of drug-likeness (QED) is 0.297. The number of hydrogen-bond donors (Lipinski definition) is 1. The molecule has 3 rings (SSSR count). The van der Waals surface area contributed by atoms with E-state index in [-0.39, 0.29) is 33.7 Å². The molecule has 1 unspecified atom stereocenters. The van der Waals surface area contributed by atoms with E-state index < -0.39 is 41.2 Å². The number of nitro groups is 1. The predicted molar refractivity (Wildman–Crippen MR) is 118 cm³/mol. The standard InChI is InChI=1S/C22H19FN2O7S/c1-3-31-22(28)19-15(18-16(23)8-5-9-17(18)33-19)11-32-21(27)12(2)24-20(26)13-6-4-7-14(10-13)25(29)30/h4-10,12H,3,11H2,1-2H3,(H,24,26). The van der Waals surface area contributed by atoms with E-state index in [9.17, 15) is 28.9 Å². The van der Waals surface area contributed by atoms with Crippen LogP contribution in [0.1, 0.15) is 39.4 Å².